The predicted molar refractivity (Wildman–Crippen MR) is 258 cm³/mol. The third kappa shape index (κ3) is 5.14. The fourth-order valence-corrected chi connectivity index (χ4v) is 9.89. The number of furan rings is 2. The van der Waals surface area contributed by atoms with Crippen LogP contribution < -0.4 is 4.90 Å². The van der Waals surface area contributed by atoms with Gasteiger partial charge in [-0.05, 0) is 83.2 Å². The third-order valence-electron chi connectivity index (χ3n) is 12.6. The molecule has 0 fully saturated rings. The van der Waals surface area contributed by atoms with Crippen molar-refractivity contribution in [3.63, 3.8) is 0 Å². The van der Waals surface area contributed by atoms with Crippen molar-refractivity contribution < 1.29 is 8.83 Å². The number of hydrogen-bond donors (Lipinski definition) is 0. The van der Waals surface area contributed by atoms with E-state index in [4.69, 9.17) is 8.83 Å². The second-order valence-corrected chi connectivity index (χ2v) is 16.0. The van der Waals surface area contributed by atoms with Crippen LogP contribution in [0.2, 0.25) is 0 Å². The molecule has 0 amide bonds. The zero-order valence-electron chi connectivity index (χ0n) is 33.5. The molecule has 0 saturated carbocycles. The number of benzene rings is 10. The van der Waals surface area contributed by atoms with Gasteiger partial charge in [0, 0.05) is 54.8 Å². The van der Waals surface area contributed by atoms with Crippen LogP contribution in [0.1, 0.15) is 0 Å². The molecule has 0 aliphatic rings. The van der Waals surface area contributed by atoms with E-state index in [2.05, 4.69) is 216 Å². The molecule has 10 aromatic carbocycles. The van der Waals surface area contributed by atoms with Gasteiger partial charge in [-0.2, -0.15) is 0 Å². The second-order valence-electron chi connectivity index (χ2n) is 16.0. The maximum Gasteiger partial charge on any atom is 0.143 e. The van der Waals surface area contributed by atoms with Gasteiger partial charge < -0.3 is 18.3 Å². The van der Waals surface area contributed by atoms with Gasteiger partial charge in [0.25, 0.3) is 0 Å². The molecule has 0 unspecified atom stereocenters. The fourth-order valence-electron chi connectivity index (χ4n) is 9.89. The average molecular weight is 793 g/mol. The summed E-state index contributed by atoms with van der Waals surface area (Å²) < 4.78 is 15.8. The van der Waals surface area contributed by atoms with Gasteiger partial charge in [-0.25, -0.2) is 0 Å². The van der Waals surface area contributed by atoms with E-state index >= 15 is 0 Å². The Hall–Kier alpha value is -8.34. The van der Waals surface area contributed by atoms with Gasteiger partial charge in [0.05, 0.1) is 27.8 Å². The minimum absolute atomic E-state index is 0.842. The lowest BCUT2D eigenvalue weighted by molar-refractivity contribution is 0.670. The summed E-state index contributed by atoms with van der Waals surface area (Å²) in [7, 11) is 0. The predicted octanol–water partition coefficient (Wildman–Crippen LogP) is 16.5. The Morgan fingerprint density at radius 2 is 0.968 bits per heavy atom. The Balaban J connectivity index is 1.05. The molecule has 0 aliphatic heterocycles. The zero-order chi connectivity index (χ0) is 40.7. The van der Waals surface area contributed by atoms with E-state index in [0.717, 1.165) is 94.1 Å². The topological polar surface area (TPSA) is 34.5 Å². The largest absolute Gasteiger partial charge is 0.455 e. The van der Waals surface area contributed by atoms with E-state index in [9.17, 15) is 0 Å². The van der Waals surface area contributed by atoms with Crippen molar-refractivity contribution in [1.29, 1.82) is 0 Å². The molecule has 0 radical (unpaired) electrons. The lowest BCUT2D eigenvalue weighted by Crippen LogP contribution is -2.11. The van der Waals surface area contributed by atoms with E-state index in [-0.39, 0.29) is 0 Å². The lowest BCUT2D eigenvalue weighted by atomic mass is 9.97. The van der Waals surface area contributed by atoms with Crippen LogP contribution in [0.25, 0.3) is 104 Å². The Bertz CT molecular complexity index is 3870. The highest BCUT2D eigenvalue weighted by Gasteiger charge is 2.24. The van der Waals surface area contributed by atoms with Crippen LogP contribution >= 0.6 is 0 Å². The number of para-hydroxylation sites is 5. The minimum atomic E-state index is 0.842. The van der Waals surface area contributed by atoms with Gasteiger partial charge in [-0.15, -0.1) is 0 Å². The molecular weight excluding hydrogens is 757 g/mol. The number of nitrogens with zero attached hydrogens (tertiary/aromatic N) is 2. The average Bonchev–Trinajstić information content (AvgIpc) is 4.03. The zero-order valence-corrected chi connectivity index (χ0v) is 33.5. The van der Waals surface area contributed by atoms with Crippen molar-refractivity contribution in [3.8, 4) is 27.9 Å². The van der Waals surface area contributed by atoms with E-state index in [0.29, 0.717) is 0 Å². The van der Waals surface area contributed by atoms with Crippen LogP contribution in [0.4, 0.5) is 17.1 Å². The van der Waals surface area contributed by atoms with Crippen molar-refractivity contribution >= 4 is 93.5 Å². The van der Waals surface area contributed by atoms with Gasteiger partial charge in [0.1, 0.15) is 22.3 Å². The lowest BCUT2D eigenvalue weighted by Gasteiger charge is -2.28. The van der Waals surface area contributed by atoms with Crippen molar-refractivity contribution in [2.75, 3.05) is 4.90 Å². The molecule has 0 saturated heterocycles. The normalized spacial score (nSPS) is 11.9. The first-order chi connectivity index (χ1) is 30.8. The highest BCUT2D eigenvalue weighted by Crippen LogP contribution is 2.49. The maximum absolute atomic E-state index is 6.78. The van der Waals surface area contributed by atoms with Crippen LogP contribution in [0, 0.1) is 0 Å². The summed E-state index contributed by atoms with van der Waals surface area (Å²) in [5.74, 6) is 0. The molecule has 0 N–H and O–H groups in total. The van der Waals surface area contributed by atoms with Gasteiger partial charge in [0.2, 0.25) is 0 Å². The first-order valence-corrected chi connectivity index (χ1v) is 21.1. The summed E-state index contributed by atoms with van der Waals surface area (Å²) in [6.45, 7) is 0. The minimum Gasteiger partial charge on any atom is -0.455 e. The highest BCUT2D eigenvalue weighted by molar-refractivity contribution is 6.20. The van der Waals surface area contributed by atoms with Crippen LogP contribution in [0.15, 0.2) is 227 Å². The van der Waals surface area contributed by atoms with E-state index in [1.165, 1.54) is 27.4 Å². The van der Waals surface area contributed by atoms with Crippen LogP contribution in [-0.4, -0.2) is 4.57 Å². The van der Waals surface area contributed by atoms with Gasteiger partial charge in [-0.1, -0.05) is 152 Å². The smallest absolute Gasteiger partial charge is 0.143 e. The van der Waals surface area contributed by atoms with Crippen molar-refractivity contribution in [2.45, 2.75) is 0 Å². The van der Waals surface area contributed by atoms with Crippen LogP contribution in [0.5, 0.6) is 0 Å². The molecule has 3 aromatic heterocycles. The Morgan fingerprint density at radius 3 is 1.87 bits per heavy atom. The summed E-state index contributed by atoms with van der Waals surface area (Å²) in [6.07, 6.45) is 0. The number of hydrogen-bond acceptors (Lipinski definition) is 3. The molecule has 0 atom stereocenters. The second kappa shape index (κ2) is 13.6. The summed E-state index contributed by atoms with van der Waals surface area (Å²) in [6, 6.07) is 77.9. The van der Waals surface area contributed by atoms with Crippen LogP contribution in [0.3, 0.4) is 0 Å². The monoisotopic (exact) mass is 792 g/mol. The van der Waals surface area contributed by atoms with Crippen molar-refractivity contribution in [3.05, 3.63) is 218 Å². The van der Waals surface area contributed by atoms with Crippen molar-refractivity contribution in [1.82, 2.24) is 4.57 Å². The molecule has 13 aromatic rings. The number of anilines is 3. The van der Waals surface area contributed by atoms with E-state index in [1.54, 1.807) is 0 Å². The Labute approximate surface area is 356 Å². The summed E-state index contributed by atoms with van der Waals surface area (Å²) >= 11 is 0. The van der Waals surface area contributed by atoms with Gasteiger partial charge in [0.15, 0.2) is 0 Å². The summed E-state index contributed by atoms with van der Waals surface area (Å²) in [5.41, 5.74) is 14.5. The van der Waals surface area contributed by atoms with Gasteiger partial charge in [-0.3, -0.25) is 0 Å². The summed E-state index contributed by atoms with van der Waals surface area (Å²) in [5, 5.41) is 9.07. The molecule has 4 heteroatoms. The van der Waals surface area contributed by atoms with Crippen LogP contribution in [-0.2, 0) is 0 Å². The molecule has 290 valence electrons. The van der Waals surface area contributed by atoms with Crippen molar-refractivity contribution in [2.24, 2.45) is 0 Å². The molecule has 0 aliphatic carbocycles. The molecule has 0 spiro atoms. The van der Waals surface area contributed by atoms with E-state index < -0.39 is 0 Å². The Morgan fingerprint density at radius 1 is 0.339 bits per heavy atom. The van der Waals surface area contributed by atoms with Gasteiger partial charge >= 0.3 is 0 Å². The third-order valence-corrected chi connectivity index (χ3v) is 12.6. The standard InChI is InChI=1S/C58H36N2O2/c1-2-16-39(17-3-1)59-50-26-10-7-21-47(50)55-41(22-13-27-51(55)59)38-31-34-40(35-32-38)60(52-28-14-30-54-56(52)48-36-33-37-15-4-5-18-42(37)57(48)62-54)49-25-9-6-19-43(49)45-23-12-24-46-44-20-8-11-29-53(44)61-58(45)46/h1-36H. The first-order valence-electron chi connectivity index (χ1n) is 21.1. The molecule has 13 rings (SSSR count). The van der Waals surface area contributed by atoms with E-state index in [1.807, 2.05) is 12.1 Å². The SMILES string of the molecule is c1ccc(-n2c3ccccc3c3c(-c4ccc(N(c5ccccc5-c5cccc6c5oc5ccccc56)c5cccc6oc7c8ccccc8ccc7c56)cc4)cccc32)cc1. The molecule has 62 heavy (non-hydrogen) atoms. The summed E-state index contributed by atoms with van der Waals surface area (Å²) in [4.78, 5) is 2.40. The quantitative estimate of drug-likeness (QED) is 0.168. The maximum atomic E-state index is 6.78. The first kappa shape index (κ1) is 34.5. The fraction of sp³-hybridized carbons (Fsp3) is 0. The molecular formula is C58H36N2O2. The molecule has 4 nitrogen and oxygen atoms in total. The molecule has 0 bridgehead atoms. The molecule has 3 heterocycles. The number of aromatic nitrogens is 1. The Kier molecular flexibility index (Phi) is 7.57. The number of rotatable bonds is 6. The highest BCUT2D eigenvalue weighted by atomic mass is 16.3. The number of fused-ring (bicyclic) bond motifs is 11.